The predicted octanol–water partition coefficient (Wildman–Crippen LogP) is 23.5. The number of allylic oxidation sites excluding steroid dienone is 9. The first-order valence-electron chi connectivity index (χ1n) is 34.5. The number of amides is 1. The van der Waals surface area contributed by atoms with Gasteiger partial charge in [0.2, 0.25) is 5.91 Å². The molecule has 2 atom stereocenters. The quantitative estimate of drug-likeness (QED) is 0.0420. The normalized spacial score (nSPS) is 13.1. The van der Waals surface area contributed by atoms with Gasteiger partial charge in [0.05, 0.1) is 18.8 Å². The van der Waals surface area contributed by atoms with Crippen molar-refractivity contribution in [2.45, 2.75) is 386 Å². The van der Waals surface area contributed by atoms with E-state index in [4.69, 9.17) is 0 Å². The maximum Gasteiger partial charge on any atom is 0.220 e. The molecule has 4 heteroatoms. The van der Waals surface area contributed by atoms with Crippen LogP contribution in [-0.2, 0) is 4.79 Å². The molecular weight excluding hydrogens is 927 g/mol. The number of hydrogen-bond donors (Lipinski definition) is 3. The Bertz CT molecular complexity index is 1250. The molecule has 0 heterocycles. The van der Waals surface area contributed by atoms with E-state index in [2.05, 4.69) is 67.8 Å². The van der Waals surface area contributed by atoms with Crippen LogP contribution in [0.5, 0.6) is 0 Å². The highest BCUT2D eigenvalue weighted by Gasteiger charge is 2.18. The third-order valence-corrected chi connectivity index (χ3v) is 16.0. The highest BCUT2D eigenvalue weighted by molar-refractivity contribution is 5.76. The number of carbonyl (C=O) groups excluding carboxylic acids is 1. The number of nitrogens with one attached hydrogen (secondary N) is 1. The van der Waals surface area contributed by atoms with E-state index in [9.17, 15) is 15.0 Å². The molecule has 446 valence electrons. The van der Waals surface area contributed by atoms with Gasteiger partial charge in [-0.05, 0) is 77.0 Å². The van der Waals surface area contributed by atoms with Gasteiger partial charge in [0.1, 0.15) is 0 Å². The van der Waals surface area contributed by atoms with Crippen LogP contribution in [0.4, 0.5) is 0 Å². The highest BCUT2D eigenvalue weighted by atomic mass is 16.3. The second-order valence-corrected chi connectivity index (χ2v) is 23.6. The van der Waals surface area contributed by atoms with Crippen LogP contribution >= 0.6 is 0 Å². The van der Waals surface area contributed by atoms with Crippen LogP contribution in [0.2, 0.25) is 0 Å². The Morgan fingerprint density at radius 3 is 0.842 bits per heavy atom. The summed E-state index contributed by atoms with van der Waals surface area (Å²) in [5.74, 6) is -0.0721. The van der Waals surface area contributed by atoms with Gasteiger partial charge in [-0.25, -0.2) is 0 Å². The summed E-state index contributed by atoms with van der Waals surface area (Å²) in [4.78, 5) is 12.5. The minimum Gasteiger partial charge on any atom is -0.394 e. The lowest BCUT2D eigenvalue weighted by Gasteiger charge is -2.19. The van der Waals surface area contributed by atoms with E-state index >= 15 is 0 Å². The van der Waals surface area contributed by atoms with E-state index in [0.29, 0.717) is 6.42 Å². The van der Waals surface area contributed by atoms with E-state index in [1.807, 2.05) is 6.08 Å². The van der Waals surface area contributed by atoms with Gasteiger partial charge in [-0.3, -0.25) is 4.79 Å². The minimum atomic E-state index is -0.873. The molecule has 0 saturated heterocycles. The van der Waals surface area contributed by atoms with Crippen LogP contribution in [0.1, 0.15) is 373 Å². The first-order valence-corrected chi connectivity index (χ1v) is 34.5. The first-order chi connectivity index (χ1) is 37.7. The second-order valence-electron chi connectivity index (χ2n) is 23.6. The van der Waals surface area contributed by atoms with E-state index in [0.717, 1.165) is 44.9 Å². The molecular formula is C72H135NO3. The molecule has 0 aromatic rings. The zero-order valence-corrected chi connectivity index (χ0v) is 51.5. The van der Waals surface area contributed by atoms with Crippen molar-refractivity contribution in [1.82, 2.24) is 5.32 Å². The zero-order valence-electron chi connectivity index (χ0n) is 51.5. The molecule has 0 saturated carbocycles. The van der Waals surface area contributed by atoms with Gasteiger partial charge in [-0.15, -0.1) is 0 Å². The van der Waals surface area contributed by atoms with E-state index in [1.165, 1.54) is 308 Å². The summed E-state index contributed by atoms with van der Waals surface area (Å²) < 4.78 is 0. The lowest BCUT2D eigenvalue weighted by Crippen LogP contribution is -2.45. The van der Waals surface area contributed by atoms with Gasteiger partial charge in [0.15, 0.2) is 0 Å². The summed E-state index contributed by atoms with van der Waals surface area (Å²) in [6.45, 7) is 4.32. The van der Waals surface area contributed by atoms with E-state index in [-0.39, 0.29) is 12.5 Å². The maximum absolute atomic E-state index is 12.5. The average molecular weight is 1060 g/mol. The van der Waals surface area contributed by atoms with Crippen molar-refractivity contribution in [3.05, 3.63) is 60.8 Å². The Balaban J connectivity index is 3.48. The fourth-order valence-corrected chi connectivity index (χ4v) is 10.7. The molecule has 76 heavy (non-hydrogen) atoms. The number of carbonyl (C=O) groups is 1. The molecule has 0 aromatic heterocycles. The Morgan fingerprint density at radius 1 is 0.316 bits per heavy atom. The fraction of sp³-hybridized carbons (Fsp3) is 0.847. The van der Waals surface area contributed by atoms with Gasteiger partial charge in [-0.1, -0.05) is 351 Å². The highest BCUT2D eigenvalue weighted by Crippen LogP contribution is 2.18. The Hall–Kier alpha value is -1.91. The molecule has 0 bridgehead atoms. The molecule has 4 nitrogen and oxygen atoms in total. The molecule has 1 amide bonds. The van der Waals surface area contributed by atoms with Crippen molar-refractivity contribution < 1.29 is 15.0 Å². The number of aliphatic hydroxyl groups excluding tert-OH is 2. The third-order valence-electron chi connectivity index (χ3n) is 16.0. The lowest BCUT2D eigenvalue weighted by atomic mass is 10.0. The fourth-order valence-electron chi connectivity index (χ4n) is 10.7. The molecule has 0 aliphatic heterocycles. The topological polar surface area (TPSA) is 69.6 Å². The van der Waals surface area contributed by atoms with Crippen LogP contribution in [0.3, 0.4) is 0 Å². The molecule has 0 aromatic carbocycles. The predicted molar refractivity (Wildman–Crippen MR) is 341 cm³/mol. The number of unbranched alkanes of at least 4 members (excludes halogenated alkanes) is 49. The molecule has 0 fully saturated rings. The third kappa shape index (κ3) is 62.9. The smallest absolute Gasteiger partial charge is 0.220 e. The van der Waals surface area contributed by atoms with Crippen molar-refractivity contribution in [1.29, 1.82) is 0 Å². The number of hydrogen-bond acceptors (Lipinski definition) is 3. The van der Waals surface area contributed by atoms with Gasteiger partial charge < -0.3 is 15.5 Å². The summed E-state index contributed by atoms with van der Waals surface area (Å²) in [5, 5.41) is 23.3. The standard InChI is InChI=1S/C72H135NO3/c1-3-5-7-9-11-13-15-17-19-21-23-25-27-29-31-33-35-36-38-40-42-44-46-48-50-52-54-56-58-60-62-64-66-68-72(76)73-70(69-74)71(75)67-65-63-61-59-57-55-53-51-49-47-45-43-41-39-37-34-32-30-28-26-24-22-20-18-16-14-12-10-8-6-4-2/h15,17,21,23,49,51,57,59,65,67,70-71,74-75H,3-14,16,18-20,22,24-48,50,52-56,58,60-64,66,68-69H2,1-2H3,(H,73,76)/b17-15-,23-21-,51-49+,59-57+,67-65+. The Labute approximate surface area is 477 Å². The summed E-state index contributed by atoms with van der Waals surface area (Å²) in [6.07, 6.45) is 96.0. The Kier molecular flexibility index (Phi) is 65.7. The number of aliphatic hydroxyl groups is 2. The van der Waals surface area contributed by atoms with E-state index < -0.39 is 12.1 Å². The molecule has 0 aliphatic carbocycles. The summed E-state index contributed by atoms with van der Waals surface area (Å²) in [6, 6.07) is -0.648. The minimum absolute atomic E-state index is 0.0721. The van der Waals surface area contributed by atoms with Crippen LogP contribution in [-0.4, -0.2) is 34.9 Å². The maximum atomic E-state index is 12.5. The molecule has 0 aliphatic rings. The average Bonchev–Trinajstić information content (AvgIpc) is 3.42. The van der Waals surface area contributed by atoms with Crippen molar-refractivity contribution in [2.75, 3.05) is 6.61 Å². The largest absolute Gasteiger partial charge is 0.394 e. The molecule has 0 spiro atoms. The number of rotatable bonds is 64. The molecule has 0 rings (SSSR count). The summed E-state index contributed by atoms with van der Waals surface area (Å²) in [5.41, 5.74) is 0. The van der Waals surface area contributed by atoms with Gasteiger partial charge in [-0.2, -0.15) is 0 Å². The monoisotopic (exact) mass is 1060 g/mol. The van der Waals surface area contributed by atoms with Crippen LogP contribution < -0.4 is 5.32 Å². The first kappa shape index (κ1) is 74.1. The van der Waals surface area contributed by atoms with Crippen molar-refractivity contribution >= 4 is 5.91 Å². The molecule has 2 unspecified atom stereocenters. The second kappa shape index (κ2) is 67.4. The van der Waals surface area contributed by atoms with E-state index in [1.54, 1.807) is 6.08 Å². The molecule has 0 radical (unpaired) electrons. The van der Waals surface area contributed by atoms with Crippen LogP contribution in [0.25, 0.3) is 0 Å². The van der Waals surface area contributed by atoms with Crippen molar-refractivity contribution in [3.8, 4) is 0 Å². The van der Waals surface area contributed by atoms with Gasteiger partial charge >= 0.3 is 0 Å². The SMILES string of the molecule is CCCCCCC/C=C\C/C=C\CCCCCCCCCCCCCCCCCCCCCCCC(=O)NC(CO)C(O)/C=C/CC/C=C/CC/C=C/CCCCCCCCCCCCCCCCCCCCCCC. The van der Waals surface area contributed by atoms with Gasteiger partial charge in [0.25, 0.3) is 0 Å². The van der Waals surface area contributed by atoms with Crippen LogP contribution in [0, 0.1) is 0 Å². The summed E-state index contributed by atoms with van der Waals surface area (Å²) in [7, 11) is 0. The molecule has 3 N–H and O–H groups in total. The van der Waals surface area contributed by atoms with Crippen LogP contribution in [0.15, 0.2) is 60.8 Å². The zero-order chi connectivity index (χ0) is 54.8. The Morgan fingerprint density at radius 2 is 0.553 bits per heavy atom. The van der Waals surface area contributed by atoms with Crippen molar-refractivity contribution in [2.24, 2.45) is 0 Å². The van der Waals surface area contributed by atoms with Gasteiger partial charge in [0, 0.05) is 6.42 Å². The lowest BCUT2D eigenvalue weighted by molar-refractivity contribution is -0.123. The summed E-state index contributed by atoms with van der Waals surface area (Å²) >= 11 is 0. The van der Waals surface area contributed by atoms with Crippen molar-refractivity contribution in [3.63, 3.8) is 0 Å².